The van der Waals surface area contributed by atoms with Crippen LogP contribution in [-0.4, -0.2) is 31.4 Å². The predicted molar refractivity (Wildman–Crippen MR) is 97.3 cm³/mol. The van der Waals surface area contributed by atoms with Crippen LogP contribution in [0.4, 0.5) is 9.52 Å². The quantitative estimate of drug-likeness (QED) is 0.690. The van der Waals surface area contributed by atoms with Crippen molar-refractivity contribution >= 4 is 34.1 Å². The minimum absolute atomic E-state index is 0.148. The Hall–Kier alpha value is -2.26. The first kappa shape index (κ1) is 17.6. The van der Waals surface area contributed by atoms with Crippen molar-refractivity contribution in [3.63, 3.8) is 0 Å². The average molecular weight is 377 g/mol. The molecule has 0 aliphatic carbocycles. The first-order valence-corrected chi connectivity index (χ1v) is 9.26. The van der Waals surface area contributed by atoms with Crippen LogP contribution in [0, 0.1) is 19.7 Å². The number of nitrogens with zero attached hydrogens (tertiary/aromatic N) is 4. The molecule has 0 radical (unpaired) electrons. The molecular formula is C16H16FN5OS2. The third-order valence-electron chi connectivity index (χ3n) is 3.54. The number of hydrogen-bond acceptors (Lipinski definition) is 6. The summed E-state index contributed by atoms with van der Waals surface area (Å²) in [6, 6.07) is 6.05. The zero-order chi connectivity index (χ0) is 18.0. The van der Waals surface area contributed by atoms with Crippen molar-refractivity contribution in [3.8, 4) is 11.4 Å². The predicted octanol–water partition coefficient (Wildman–Crippen LogP) is 3.43. The molecule has 0 aliphatic heterocycles. The number of benzene rings is 1. The Morgan fingerprint density at radius 3 is 2.64 bits per heavy atom. The molecule has 0 saturated carbocycles. The van der Waals surface area contributed by atoms with Crippen molar-refractivity contribution in [1.82, 2.24) is 19.7 Å². The van der Waals surface area contributed by atoms with Gasteiger partial charge in [-0.2, -0.15) is 0 Å². The molecule has 1 amide bonds. The third-order valence-corrected chi connectivity index (χ3v) is 5.55. The number of rotatable bonds is 5. The van der Waals surface area contributed by atoms with Crippen LogP contribution in [0.15, 0.2) is 29.4 Å². The molecule has 0 unspecified atom stereocenters. The Bertz CT molecular complexity index is 884. The standard InChI is InChI=1S/C16H16FN5OS2/c1-9-10(2)25-15(18-9)19-13(23)8-24-16-21-20-14(22(16)3)11-4-6-12(17)7-5-11/h4-7H,8H2,1-3H3,(H,18,19,23). The fraction of sp³-hybridized carbons (Fsp3) is 0.250. The molecule has 130 valence electrons. The lowest BCUT2D eigenvalue weighted by Crippen LogP contribution is -2.14. The van der Waals surface area contributed by atoms with Gasteiger partial charge in [0.05, 0.1) is 11.4 Å². The van der Waals surface area contributed by atoms with Crippen molar-refractivity contribution in [2.45, 2.75) is 19.0 Å². The van der Waals surface area contributed by atoms with E-state index in [1.54, 1.807) is 16.7 Å². The number of amides is 1. The Balaban J connectivity index is 1.63. The van der Waals surface area contributed by atoms with E-state index in [1.165, 1.54) is 35.2 Å². The number of thiazole rings is 1. The number of thioether (sulfide) groups is 1. The van der Waals surface area contributed by atoms with E-state index in [4.69, 9.17) is 0 Å². The maximum atomic E-state index is 13.0. The highest BCUT2D eigenvalue weighted by molar-refractivity contribution is 7.99. The van der Waals surface area contributed by atoms with Crippen LogP contribution in [-0.2, 0) is 11.8 Å². The molecule has 0 saturated heterocycles. The molecule has 2 heterocycles. The monoisotopic (exact) mass is 377 g/mol. The van der Waals surface area contributed by atoms with Gasteiger partial charge in [0.1, 0.15) is 5.82 Å². The molecule has 3 aromatic rings. The average Bonchev–Trinajstić information content (AvgIpc) is 3.09. The molecule has 0 aliphatic rings. The van der Waals surface area contributed by atoms with E-state index in [0.717, 1.165) is 16.1 Å². The zero-order valence-electron chi connectivity index (χ0n) is 13.9. The summed E-state index contributed by atoms with van der Waals surface area (Å²) in [4.78, 5) is 17.4. The van der Waals surface area contributed by atoms with Crippen molar-refractivity contribution in [3.05, 3.63) is 40.7 Å². The summed E-state index contributed by atoms with van der Waals surface area (Å²) < 4.78 is 14.8. The summed E-state index contributed by atoms with van der Waals surface area (Å²) in [5, 5.41) is 12.2. The second kappa shape index (κ2) is 7.32. The number of anilines is 1. The van der Waals surface area contributed by atoms with Crippen molar-refractivity contribution < 1.29 is 9.18 Å². The Morgan fingerprint density at radius 2 is 2.00 bits per heavy atom. The lowest BCUT2D eigenvalue weighted by atomic mass is 10.2. The van der Waals surface area contributed by atoms with Gasteiger partial charge in [0.2, 0.25) is 5.91 Å². The summed E-state index contributed by atoms with van der Waals surface area (Å²) in [6.45, 7) is 3.88. The maximum Gasteiger partial charge on any atom is 0.236 e. The number of aryl methyl sites for hydroxylation is 2. The van der Waals surface area contributed by atoms with Crippen LogP contribution in [0.25, 0.3) is 11.4 Å². The van der Waals surface area contributed by atoms with E-state index in [-0.39, 0.29) is 17.5 Å². The van der Waals surface area contributed by atoms with Crippen LogP contribution < -0.4 is 5.32 Å². The highest BCUT2D eigenvalue weighted by Crippen LogP contribution is 2.24. The molecule has 25 heavy (non-hydrogen) atoms. The van der Waals surface area contributed by atoms with Gasteiger partial charge in [-0.15, -0.1) is 21.5 Å². The van der Waals surface area contributed by atoms with E-state index < -0.39 is 0 Å². The fourth-order valence-corrected chi connectivity index (χ4v) is 3.64. The SMILES string of the molecule is Cc1nc(NC(=O)CSc2nnc(-c3ccc(F)cc3)n2C)sc1C. The molecule has 2 aromatic heterocycles. The lowest BCUT2D eigenvalue weighted by Gasteiger charge is -2.04. The van der Waals surface area contributed by atoms with Crippen LogP contribution in [0.5, 0.6) is 0 Å². The second-order valence-electron chi connectivity index (χ2n) is 5.37. The van der Waals surface area contributed by atoms with Crippen LogP contribution >= 0.6 is 23.1 Å². The molecule has 1 N–H and O–H groups in total. The van der Waals surface area contributed by atoms with E-state index >= 15 is 0 Å². The van der Waals surface area contributed by atoms with E-state index in [1.807, 2.05) is 20.9 Å². The van der Waals surface area contributed by atoms with Crippen molar-refractivity contribution in [1.29, 1.82) is 0 Å². The number of halogens is 1. The summed E-state index contributed by atoms with van der Waals surface area (Å²) in [5.41, 5.74) is 1.69. The Morgan fingerprint density at radius 1 is 1.28 bits per heavy atom. The molecule has 6 nitrogen and oxygen atoms in total. The first-order chi connectivity index (χ1) is 11.9. The van der Waals surface area contributed by atoms with Crippen LogP contribution in [0.3, 0.4) is 0 Å². The molecule has 0 bridgehead atoms. The van der Waals surface area contributed by atoms with Crippen molar-refractivity contribution in [2.24, 2.45) is 7.05 Å². The highest BCUT2D eigenvalue weighted by atomic mass is 32.2. The van der Waals surface area contributed by atoms with Gasteiger partial charge in [-0.3, -0.25) is 4.79 Å². The zero-order valence-corrected chi connectivity index (χ0v) is 15.5. The van der Waals surface area contributed by atoms with Gasteiger partial charge >= 0.3 is 0 Å². The van der Waals surface area contributed by atoms with Gasteiger partial charge in [0, 0.05) is 17.5 Å². The van der Waals surface area contributed by atoms with E-state index in [2.05, 4.69) is 20.5 Å². The molecule has 3 rings (SSSR count). The topological polar surface area (TPSA) is 72.7 Å². The summed E-state index contributed by atoms with van der Waals surface area (Å²) in [6.07, 6.45) is 0. The molecule has 9 heteroatoms. The molecule has 0 spiro atoms. The van der Waals surface area contributed by atoms with E-state index in [0.29, 0.717) is 16.1 Å². The smallest absolute Gasteiger partial charge is 0.236 e. The first-order valence-electron chi connectivity index (χ1n) is 7.46. The van der Waals surface area contributed by atoms with E-state index in [9.17, 15) is 9.18 Å². The fourth-order valence-electron chi connectivity index (χ4n) is 2.10. The van der Waals surface area contributed by atoms with Gasteiger partial charge in [0.25, 0.3) is 0 Å². The van der Waals surface area contributed by atoms with Crippen molar-refractivity contribution in [2.75, 3.05) is 11.1 Å². The highest BCUT2D eigenvalue weighted by Gasteiger charge is 2.14. The second-order valence-corrected chi connectivity index (χ2v) is 7.52. The van der Waals surface area contributed by atoms with Crippen LogP contribution in [0.1, 0.15) is 10.6 Å². The summed E-state index contributed by atoms with van der Waals surface area (Å²) in [7, 11) is 1.81. The lowest BCUT2D eigenvalue weighted by molar-refractivity contribution is -0.113. The molecular weight excluding hydrogens is 361 g/mol. The van der Waals surface area contributed by atoms with Gasteiger partial charge < -0.3 is 9.88 Å². The summed E-state index contributed by atoms with van der Waals surface area (Å²) in [5.74, 6) is 0.372. The Labute approximate surface area is 152 Å². The minimum Gasteiger partial charge on any atom is -0.305 e. The number of aromatic nitrogens is 4. The number of nitrogens with one attached hydrogen (secondary N) is 1. The van der Waals surface area contributed by atoms with Gasteiger partial charge in [-0.25, -0.2) is 9.37 Å². The number of hydrogen-bond donors (Lipinski definition) is 1. The van der Waals surface area contributed by atoms with Crippen LogP contribution in [0.2, 0.25) is 0 Å². The largest absolute Gasteiger partial charge is 0.305 e. The number of carbonyl (C=O) groups is 1. The third kappa shape index (κ3) is 4.05. The maximum absolute atomic E-state index is 13.0. The molecule has 0 fully saturated rings. The minimum atomic E-state index is -0.301. The van der Waals surface area contributed by atoms with Gasteiger partial charge in [-0.05, 0) is 38.1 Å². The van der Waals surface area contributed by atoms with Gasteiger partial charge in [-0.1, -0.05) is 11.8 Å². The molecule has 0 atom stereocenters. The molecule has 1 aromatic carbocycles. The Kier molecular flexibility index (Phi) is 5.14. The van der Waals surface area contributed by atoms with Gasteiger partial charge in [0.15, 0.2) is 16.1 Å². The number of carbonyl (C=O) groups excluding carboxylic acids is 1. The normalized spacial score (nSPS) is 10.9. The summed E-state index contributed by atoms with van der Waals surface area (Å²) >= 11 is 2.74.